The summed E-state index contributed by atoms with van der Waals surface area (Å²) in [5.74, 6) is -0.735. The minimum atomic E-state index is -1.09. The van der Waals surface area contributed by atoms with Gasteiger partial charge >= 0.3 is 5.97 Å². The molecule has 0 aliphatic rings. The molecule has 0 aliphatic carbocycles. The third-order valence-electron chi connectivity index (χ3n) is 3.11. The molecule has 0 saturated carbocycles. The van der Waals surface area contributed by atoms with Gasteiger partial charge in [0.2, 0.25) is 0 Å². The van der Waals surface area contributed by atoms with Crippen LogP contribution >= 0.6 is 15.9 Å². The minimum Gasteiger partial charge on any atom is -0.481 e. The van der Waals surface area contributed by atoms with Gasteiger partial charge in [0, 0.05) is 12.1 Å². The molecule has 0 atom stereocenters. The molecule has 0 amide bonds. The molecule has 25 heavy (non-hydrogen) atoms. The SMILES string of the molecule is N#CC(=Cc1ccc(OCC(=O)O)c(Br)c1)c1cccc([N+](=O)[O-])c1. The highest BCUT2D eigenvalue weighted by molar-refractivity contribution is 9.10. The molecule has 2 aromatic rings. The van der Waals surface area contributed by atoms with E-state index in [2.05, 4.69) is 15.9 Å². The molecule has 126 valence electrons. The van der Waals surface area contributed by atoms with Crippen molar-refractivity contribution >= 4 is 39.2 Å². The fourth-order valence-electron chi connectivity index (χ4n) is 2.00. The highest BCUT2D eigenvalue weighted by atomic mass is 79.9. The van der Waals surface area contributed by atoms with E-state index in [-0.39, 0.29) is 11.3 Å². The molecule has 0 bridgehead atoms. The summed E-state index contributed by atoms with van der Waals surface area (Å²) in [6.45, 7) is -0.467. The monoisotopic (exact) mass is 402 g/mol. The lowest BCUT2D eigenvalue weighted by Gasteiger charge is -2.07. The van der Waals surface area contributed by atoms with Gasteiger partial charge in [0.15, 0.2) is 6.61 Å². The van der Waals surface area contributed by atoms with Crippen molar-refractivity contribution < 1.29 is 19.6 Å². The Morgan fingerprint density at radius 1 is 1.36 bits per heavy atom. The molecule has 0 radical (unpaired) electrons. The standard InChI is InChI=1S/C17H11BrN2O5/c18-15-7-11(4-5-16(15)25-10-17(21)22)6-13(9-19)12-2-1-3-14(8-12)20(23)24/h1-8H,10H2,(H,21,22). The number of non-ortho nitro benzene ring substituents is 1. The molecule has 7 nitrogen and oxygen atoms in total. The number of ether oxygens (including phenoxy) is 1. The van der Waals surface area contributed by atoms with Crippen molar-refractivity contribution in [2.45, 2.75) is 0 Å². The van der Waals surface area contributed by atoms with Crippen LogP contribution in [0.5, 0.6) is 5.75 Å². The number of halogens is 1. The summed E-state index contributed by atoms with van der Waals surface area (Å²) in [5, 5.41) is 28.8. The van der Waals surface area contributed by atoms with E-state index < -0.39 is 17.5 Å². The van der Waals surface area contributed by atoms with Crippen LogP contribution in [-0.4, -0.2) is 22.6 Å². The first-order valence-electron chi connectivity index (χ1n) is 6.91. The number of rotatable bonds is 6. The lowest BCUT2D eigenvalue weighted by Crippen LogP contribution is -2.09. The second-order valence-electron chi connectivity index (χ2n) is 4.85. The number of benzene rings is 2. The Morgan fingerprint density at radius 3 is 2.72 bits per heavy atom. The van der Waals surface area contributed by atoms with Crippen LogP contribution < -0.4 is 4.74 Å². The van der Waals surface area contributed by atoms with E-state index in [0.717, 1.165) is 0 Å². The first-order valence-corrected chi connectivity index (χ1v) is 7.71. The van der Waals surface area contributed by atoms with Crippen LogP contribution in [0.3, 0.4) is 0 Å². The average molecular weight is 403 g/mol. The Bertz CT molecular complexity index is 902. The molecule has 0 heterocycles. The van der Waals surface area contributed by atoms with Gasteiger partial charge in [-0.2, -0.15) is 5.26 Å². The van der Waals surface area contributed by atoms with Crippen molar-refractivity contribution in [1.82, 2.24) is 0 Å². The van der Waals surface area contributed by atoms with Crippen LogP contribution in [0.2, 0.25) is 0 Å². The summed E-state index contributed by atoms with van der Waals surface area (Å²) >= 11 is 3.28. The Hall–Kier alpha value is -3.18. The summed E-state index contributed by atoms with van der Waals surface area (Å²) in [4.78, 5) is 20.9. The summed E-state index contributed by atoms with van der Waals surface area (Å²) in [6, 6.07) is 12.7. The number of hydrogen-bond acceptors (Lipinski definition) is 5. The number of nitro benzene ring substituents is 1. The molecule has 0 aliphatic heterocycles. The van der Waals surface area contributed by atoms with Crippen LogP contribution in [0.4, 0.5) is 5.69 Å². The maximum absolute atomic E-state index is 10.9. The minimum absolute atomic E-state index is 0.0998. The quantitative estimate of drug-likeness (QED) is 0.339. The van der Waals surface area contributed by atoms with Gasteiger partial charge < -0.3 is 9.84 Å². The van der Waals surface area contributed by atoms with Gasteiger partial charge in [0.25, 0.3) is 5.69 Å². The number of carboxylic acids is 1. The smallest absolute Gasteiger partial charge is 0.341 e. The van der Waals surface area contributed by atoms with Crippen molar-refractivity contribution in [1.29, 1.82) is 5.26 Å². The molecule has 2 rings (SSSR count). The number of carboxylic acid groups (broad SMARTS) is 1. The maximum atomic E-state index is 10.9. The van der Waals surface area contributed by atoms with Crippen LogP contribution in [0.15, 0.2) is 46.9 Å². The second kappa shape index (κ2) is 8.08. The molecule has 0 unspecified atom stereocenters. The van der Waals surface area contributed by atoms with Crippen LogP contribution in [-0.2, 0) is 4.79 Å². The Morgan fingerprint density at radius 2 is 2.12 bits per heavy atom. The third kappa shape index (κ3) is 4.89. The molecule has 0 aromatic heterocycles. The van der Waals surface area contributed by atoms with Crippen molar-refractivity contribution in [2.75, 3.05) is 6.61 Å². The van der Waals surface area contributed by atoms with Gasteiger partial charge in [-0.1, -0.05) is 18.2 Å². The topological polar surface area (TPSA) is 113 Å². The average Bonchev–Trinajstić information content (AvgIpc) is 2.58. The van der Waals surface area contributed by atoms with E-state index in [1.807, 2.05) is 6.07 Å². The second-order valence-corrected chi connectivity index (χ2v) is 5.70. The summed E-state index contributed by atoms with van der Waals surface area (Å²) in [5.41, 5.74) is 1.24. The zero-order valence-electron chi connectivity index (χ0n) is 12.7. The van der Waals surface area contributed by atoms with Crippen molar-refractivity contribution in [2.24, 2.45) is 0 Å². The predicted octanol–water partition coefficient (Wildman–Crippen LogP) is 3.88. The zero-order chi connectivity index (χ0) is 18.4. The fraction of sp³-hybridized carbons (Fsp3) is 0.0588. The van der Waals surface area contributed by atoms with E-state index in [9.17, 15) is 20.2 Å². The number of allylic oxidation sites excluding steroid dienone is 1. The Labute approximate surface area is 151 Å². The van der Waals surface area contributed by atoms with Crippen LogP contribution in [0, 0.1) is 21.4 Å². The lowest BCUT2D eigenvalue weighted by atomic mass is 10.0. The van der Waals surface area contributed by atoms with E-state index in [0.29, 0.717) is 21.3 Å². The highest BCUT2D eigenvalue weighted by Crippen LogP contribution is 2.28. The number of hydrogen-bond donors (Lipinski definition) is 1. The van der Waals surface area contributed by atoms with Gasteiger partial charge in [0.05, 0.1) is 21.0 Å². The molecule has 1 N–H and O–H groups in total. The molecule has 2 aromatic carbocycles. The Balaban J connectivity index is 2.32. The van der Waals surface area contributed by atoms with Gasteiger partial charge in [-0.25, -0.2) is 4.79 Å². The third-order valence-corrected chi connectivity index (χ3v) is 3.73. The Kier molecular flexibility index (Phi) is 5.87. The summed E-state index contributed by atoms with van der Waals surface area (Å²) in [7, 11) is 0. The first kappa shape index (κ1) is 18.2. The molecule has 8 heteroatoms. The number of aliphatic carboxylic acids is 1. The van der Waals surface area contributed by atoms with E-state index in [1.54, 1.807) is 30.3 Å². The number of carbonyl (C=O) groups is 1. The summed E-state index contributed by atoms with van der Waals surface area (Å²) in [6.07, 6.45) is 1.57. The fourth-order valence-corrected chi connectivity index (χ4v) is 2.51. The molecule has 0 fully saturated rings. The normalized spacial score (nSPS) is 10.8. The number of nitriles is 1. The van der Waals surface area contributed by atoms with E-state index in [1.165, 1.54) is 18.2 Å². The first-order chi connectivity index (χ1) is 11.9. The predicted molar refractivity (Wildman–Crippen MR) is 93.9 cm³/mol. The van der Waals surface area contributed by atoms with Crippen LogP contribution in [0.1, 0.15) is 11.1 Å². The number of nitrogens with zero attached hydrogens (tertiary/aromatic N) is 2. The van der Waals surface area contributed by atoms with Gasteiger partial charge in [0.1, 0.15) is 5.75 Å². The largest absolute Gasteiger partial charge is 0.481 e. The van der Waals surface area contributed by atoms with Crippen molar-refractivity contribution in [3.05, 3.63) is 68.2 Å². The van der Waals surface area contributed by atoms with Gasteiger partial charge in [-0.15, -0.1) is 0 Å². The van der Waals surface area contributed by atoms with Crippen molar-refractivity contribution in [3.8, 4) is 11.8 Å². The van der Waals surface area contributed by atoms with Crippen molar-refractivity contribution in [3.63, 3.8) is 0 Å². The highest BCUT2D eigenvalue weighted by Gasteiger charge is 2.10. The van der Waals surface area contributed by atoms with E-state index in [4.69, 9.17) is 9.84 Å². The molecular formula is C17H11BrN2O5. The molecule has 0 spiro atoms. The molecular weight excluding hydrogens is 392 g/mol. The van der Waals surface area contributed by atoms with Crippen LogP contribution in [0.25, 0.3) is 11.6 Å². The van der Waals surface area contributed by atoms with Gasteiger partial charge in [-0.05, 0) is 45.3 Å². The molecule has 0 saturated heterocycles. The van der Waals surface area contributed by atoms with E-state index >= 15 is 0 Å². The van der Waals surface area contributed by atoms with Gasteiger partial charge in [-0.3, -0.25) is 10.1 Å². The summed E-state index contributed by atoms with van der Waals surface area (Å²) < 4.78 is 5.63. The zero-order valence-corrected chi connectivity index (χ0v) is 14.3. The number of nitro groups is 1. The maximum Gasteiger partial charge on any atom is 0.341 e. The lowest BCUT2D eigenvalue weighted by molar-refractivity contribution is -0.384.